The molecule has 0 atom stereocenters. The number of aryl methyl sites for hydroxylation is 1. The molecule has 152 valence electrons. The molecule has 0 bridgehead atoms. The molecule has 2 aromatic rings. The Hall–Kier alpha value is -3.11. The van der Waals surface area contributed by atoms with Crippen molar-refractivity contribution in [1.29, 1.82) is 5.26 Å². The number of nitriles is 1. The van der Waals surface area contributed by atoms with E-state index in [-0.39, 0.29) is 5.57 Å². The smallest absolute Gasteiger partial charge is 0.341 e. The standard InChI is InChI=1S/C22H24N2O4S/c1-5-6-11-28-18-9-7-16(8-10-18)12-17(13-23)20(25)24-21-19(22(26)27-4)14(2)15(3)29-21/h7-10,12H,5-6,11H2,1-4H3,(H,24,25)/b17-12+. The number of hydrogen-bond acceptors (Lipinski definition) is 6. The molecule has 0 fully saturated rings. The van der Waals surface area contributed by atoms with Crippen LogP contribution in [0.5, 0.6) is 5.75 Å². The Morgan fingerprint density at radius 1 is 1.24 bits per heavy atom. The highest BCUT2D eigenvalue weighted by atomic mass is 32.1. The molecule has 0 aliphatic carbocycles. The zero-order valence-electron chi connectivity index (χ0n) is 17.0. The van der Waals surface area contributed by atoms with E-state index in [1.54, 1.807) is 31.2 Å². The lowest BCUT2D eigenvalue weighted by Gasteiger charge is -2.06. The molecular formula is C22H24N2O4S. The zero-order valence-corrected chi connectivity index (χ0v) is 17.8. The van der Waals surface area contributed by atoms with Crippen molar-refractivity contribution >= 4 is 34.3 Å². The second-order valence-corrected chi connectivity index (χ2v) is 7.60. The van der Waals surface area contributed by atoms with Crippen LogP contribution in [0.15, 0.2) is 29.8 Å². The summed E-state index contributed by atoms with van der Waals surface area (Å²) >= 11 is 1.27. The minimum atomic E-state index is -0.581. The van der Waals surface area contributed by atoms with Gasteiger partial charge in [0.05, 0.1) is 19.3 Å². The predicted molar refractivity (Wildman–Crippen MR) is 114 cm³/mol. The number of anilines is 1. The lowest BCUT2D eigenvalue weighted by Crippen LogP contribution is -2.15. The van der Waals surface area contributed by atoms with Gasteiger partial charge in [0, 0.05) is 4.88 Å². The number of methoxy groups -OCH3 is 1. The fourth-order valence-electron chi connectivity index (χ4n) is 2.54. The summed E-state index contributed by atoms with van der Waals surface area (Å²) in [6.07, 6.45) is 3.54. The van der Waals surface area contributed by atoms with Crippen LogP contribution in [-0.4, -0.2) is 25.6 Å². The summed E-state index contributed by atoms with van der Waals surface area (Å²) in [5, 5.41) is 12.5. The van der Waals surface area contributed by atoms with E-state index in [1.165, 1.54) is 24.5 Å². The minimum absolute atomic E-state index is 0.0656. The van der Waals surface area contributed by atoms with Crippen LogP contribution in [0.3, 0.4) is 0 Å². The van der Waals surface area contributed by atoms with Gasteiger partial charge >= 0.3 is 5.97 Å². The van der Waals surface area contributed by atoms with Gasteiger partial charge in [-0.05, 0) is 49.6 Å². The Balaban J connectivity index is 2.18. The average molecular weight is 413 g/mol. The van der Waals surface area contributed by atoms with Crippen molar-refractivity contribution in [3.8, 4) is 11.8 Å². The Morgan fingerprint density at radius 2 is 1.93 bits per heavy atom. The van der Waals surface area contributed by atoms with Gasteiger partial charge in [0.2, 0.25) is 0 Å². The number of amides is 1. The van der Waals surface area contributed by atoms with Crippen LogP contribution in [0, 0.1) is 25.2 Å². The number of thiophene rings is 1. The van der Waals surface area contributed by atoms with Crippen molar-refractivity contribution in [2.24, 2.45) is 0 Å². The highest BCUT2D eigenvalue weighted by molar-refractivity contribution is 7.16. The van der Waals surface area contributed by atoms with Gasteiger partial charge in [-0.3, -0.25) is 4.79 Å². The van der Waals surface area contributed by atoms with Crippen molar-refractivity contribution in [3.63, 3.8) is 0 Å². The van der Waals surface area contributed by atoms with E-state index < -0.39 is 11.9 Å². The number of nitrogens with one attached hydrogen (secondary N) is 1. The molecule has 1 amide bonds. The first-order valence-corrected chi connectivity index (χ1v) is 10.1. The quantitative estimate of drug-likeness (QED) is 0.289. The topological polar surface area (TPSA) is 88.4 Å². The van der Waals surface area contributed by atoms with Crippen molar-refractivity contribution in [2.75, 3.05) is 19.0 Å². The predicted octanol–water partition coefficient (Wildman–Crippen LogP) is 4.88. The molecule has 0 aliphatic heterocycles. The van der Waals surface area contributed by atoms with Gasteiger partial charge in [-0.15, -0.1) is 11.3 Å². The number of hydrogen-bond donors (Lipinski definition) is 1. The monoisotopic (exact) mass is 412 g/mol. The molecule has 0 spiro atoms. The van der Waals surface area contributed by atoms with Gasteiger partial charge in [0.25, 0.3) is 5.91 Å². The molecule has 1 N–H and O–H groups in total. The summed E-state index contributed by atoms with van der Waals surface area (Å²) < 4.78 is 10.4. The third-order valence-electron chi connectivity index (χ3n) is 4.32. The first kappa shape index (κ1) is 22.2. The van der Waals surface area contributed by atoms with Crippen molar-refractivity contribution in [2.45, 2.75) is 33.6 Å². The van der Waals surface area contributed by atoms with E-state index in [9.17, 15) is 14.9 Å². The third kappa shape index (κ3) is 5.69. The molecule has 0 unspecified atom stereocenters. The SMILES string of the molecule is CCCCOc1ccc(/C=C(\C#N)C(=O)Nc2sc(C)c(C)c2C(=O)OC)cc1. The van der Waals surface area contributed by atoms with Gasteiger partial charge in [0.1, 0.15) is 22.4 Å². The zero-order chi connectivity index (χ0) is 21.4. The molecule has 0 aliphatic rings. The second kappa shape index (κ2) is 10.4. The lowest BCUT2D eigenvalue weighted by molar-refractivity contribution is -0.112. The number of benzene rings is 1. The molecule has 0 saturated heterocycles. The average Bonchev–Trinajstić information content (AvgIpc) is 2.99. The molecule has 1 aromatic heterocycles. The fraction of sp³-hybridized carbons (Fsp3) is 0.318. The number of unbranched alkanes of at least 4 members (excludes halogenated alkanes) is 1. The number of ether oxygens (including phenoxy) is 2. The van der Waals surface area contributed by atoms with E-state index in [0.717, 1.165) is 29.0 Å². The van der Waals surface area contributed by atoms with Crippen molar-refractivity contribution in [3.05, 3.63) is 51.4 Å². The number of carbonyl (C=O) groups excluding carboxylic acids is 2. The third-order valence-corrected chi connectivity index (χ3v) is 5.45. The maximum atomic E-state index is 12.6. The van der Waals surface area contributed by atoms with E-state index in [0.29, 0.717) is 22.7 Å². The Labute approximate surface area is 174 Å². The molecule has 0 saturated carbocycles. The van der Waals surface area contributed by atoms with E-state index in [4.69, 9.17) is 9.47 Å². The molecule has 2 rings (SSSR count). The fourth-order valence-corrected chi connectivity index (χ4v) is 3.59. The van der Waals surface area contributed by atoms with E-state index in [2.05, 4.69) is 12.2 Å². The van der Waals surface area contributed by atoms with Gasteiger partial charge in [0.15, 0.2) is 0 Å². The summed E-state index contributed by atoms with van der Waals surface area (Å²) in [7, 11) is 1.29. The summed E-state index contributed by atoms with van der Waals surface area (Å²) in [5.74, 6) is -0.365. The Kier molecular flexibility index (Phi) is 7.98. The molecule has 0 radical (unpaired) electrons. The van der Waals surface area contributed by atoms with Gasteiger partial charge in [-0.2, -0.15) is 5.26 Å². The van der Waals surface area contributed by atoms with Crippen LogP contribution in [0.4, 0.5) is 5.00 Å². The summed E-state index contributed by atoms with van der Waals surface area (Å²) in [6.45, 7) is 6.39. The second-order valence-electron chi connectivity index (χ2n) is 6.37. The first-order valence-electron chi connectivity index (χ1n) is 9.25. The maximum absolute atomic E-state index is 12.6. The highest BCUT2D eigenvalue weighted by Gasteiger charge is 2.22. The molecule has 6 nitrogen and oxygen atoms in total. The molecule has 29 heavy (non-hydrogen) atoms. The normalized spacial score (nSPS) is 10.9. The van der Waals surface area contributed by atoms with Crippen LogP contribution < -0.4 is 10.1 Å². The number of nitrogens with zero attached hydrogens (tertiary/aromatic N) is 1. The molecule has 1 aromatic carbocycles. The largest absolute Gasteiger partial charge is 0.494 e. The van der Waals surface area contributed by atoms with Crippen molar-refractivity contribution in [1.82, 2.24) is 0 Å². The van der Waals surface area contributed by atoms with Gasteiger partial charge in [-0.25, -0.2) is 4.79 Å². The van der Waals surface area contributed by atoms with Gasteiger partial charge in [-0.1, -0.05) is 25.5 Å². The van der Waals surface area contributed by atoms with Crippen LogP contribution in [0.1, 0.15) is 46.1 Å². The Bertz CT molecular complexity index is 952. The van der Waals surface area contributed by atoms with Crippen LogP contribution >= 0.6 is 11.3 Å². The molecule has 1 heterocycles. The number of carbonyl (C=O) groups is 2. The minimum Gasteiger partial charge on any atom is -0.494 e. The summed E-state index contributed by atoms with van der Waals surface area (Å²) in [6, 6.07) is 9.09. The highest BCUT2D eigenvalue weighted by Crippen LogP contribution is 2.33. The Morgan fingerprint density at radius 3 is 2.52 bits per heavy atom. The number of esters is 1. The van der Waals surface area contributed by atoms with Crippen LogP contribution in [0.25, 0.3) is 6.08 Å². The van der Waals surface area contributed by atoms with Crippen molar-refractivity contribution < 1.29 is 19.1 Å². The molecular weight excluding hydrogens is 388 g/mol. The van der Waals surface area contributed by atoms with Gasteiger partial charge < -0.3 is 14.8 Å². The van der Waals surface area contributed by atoms with Crippen LogP contribution in [-0.2, 0) is 9.53 Å². The maximum Gasteiger partial charge on any atom is 0.341 e. The molecule has 7 heteroatoms. The lowest BCUT2D eigenvalue weighted by atomic mass is 10.1. The van der Waals surface area contributed by atoms with Crippen LogP contribution in [0.2, 0.25) is 0 Å². The van der Waals surface area contributed by atoms with E-state index >= 15 is 0 Å². The summed E-state index contributed by atoms with van der Waals surface area (Å²) in [4.78, 5) is 25.5. The van der Waals surface area contributed by atoms with E-state index in [1.807, 2.05) is 13.0 Å². The summed E-state index contributed by atoms with van der Waals surface area (Å²) in [5.41, 5.74) is 1.70. The first-order chi connectivity index (χ1) is 13.9. The number of rotatable bonds is 8.